The Bertz CT molecular complexity index is 1080. The summed E-state index contributed by atoms with van der Waals surface area (Å²) in [6.45, 7) is 0.877. The Morgan fingerprint density at radius 3 is 2.17 bits per heavy atom. The number of urea groups is 1. The van der Waals surface area contributed by atoms with Crippen molar-refractivity contribution in [2.24, 2.45) is 0 Å². The molecule has 6 nitrogen and oxygen atoms in total. The first-order chi connectivity index (χ1) is 14.3. The number of para-hydroxylation sites is 3. The Labute approximate surface area is 175 Å². The third-order valence-corrected chi connectivity index (χ3v) is 5.13. The van der Waals surface area contributed by atoms with Crippen molar-refractivity contribution >= 4 is 40.2 Å². The third kappa shape index (κ3) is 4.11. The number of halogens is 4. The number of nitrogens with one attached hydrogen (secondary N) is 1. The first kappa shape index (κ1) is 20.2. The zero-order valence-corrected chi connectivity index (χ0v) is 16.4. The number of carbonyl (C=O) groups is 1. The number of rotatable bonds is 2. The number of piperazine rings is 1. The number of fused-ring (bicyclic) bond motifs is 1. The molecule has 3 aromatic rings. The van der Waals surface area contributed by atoms with Crippen LogP contribution in [0.4, 0.5) is 29.5 Å². The number of nitrogens with zero attached hydrogens (tertiary/aromatic N) is 4. The molecule has 0 aliphatic carbocycles. The highest BCUT2D eigenvalue weighted by Crippen LogP contribution is 2.35. The molecule has 0 unspecified atom stereocenters. The Morgan fingerprint density at radius 2 is 1.53 bits per heavy atom. The summed E-state index contributed by atoms with van der Waals surface area (Å²) in [5.41, 5.74) is 0.0345. The molecule has 0 spiro atoms. The second-order valence-electron chi connectivity index (χ2n) is 6.77. The van der Waals surface area contributed by atoms with Gasteiger partial charge in [-0.1, -0.05) is 35.9 Å². The Hall–Kier alpha value is -3.07. The predicted molar refractivity (Wildman–Crippen MR) is 109 cm³/mol. The van der Waals surface area contributed by atoms with E-state index in [0.717, 1.165) is 0 Å². The van der Waals surface area contributed by atoms with Gasteiger partial charge in [0.05, 0.1) is 21.7 Å². The van der Waals surface area contributed by atoms with Gasteiger partial charge in [-0.05, 0) is 24.3 Å². The largest absolute Gasteiger partial charge is 0.437 e. The summed E-state index contributed by atoms with van der Waals surface area (Å²) in [7, 11) is 0. The molecule has 4 rings (SSSR count). The SMILES string of the molecule is O=C(Nc1ccccc1Cl)N1CCN(c2nc3ccccc3nc2C(F)(F)F)CC1. The van der Waals surface area contributed by atoms with Crippen LogP contribution in [-0.4, -0.2) is 47.1 Å². The molecule has 0 atom stereocenters. The van der Waals surface area contributed by atoms with E-state index < -0.39 is 11.9 Å². The van der Waals surface area contributed by atoms with Crippen molar-refractivity contribution in [3.63, 3.8) is 0 Å². The van der Waals surface area contributed by atoms with E-state index in [4.69, 9.17) is 11.6 Å². The summed E-state index contributed by atoms with van der Waals surface area (Å²) in [5, 5.41) is 3.13. The minimum atomic E-state index is -4.63. The van der Waals surface area contributed by atoms with Gasteiger partial charge in [-0.3, -0.25) is 0 Å². The molecule has 156 valence electrons. The van der Waals surface area contributed by atoms with Crippen LogP contribution in [0.2, 0.25) is 5.02 Å². The molecular weight excluding hydrogens is 419 g/mol. The van der Waals surface area contributed by atoms with Crippen molar-refractivity contribution in [1.82, 2.24) is 14.9 Å². The van der Waals surface area contributed by atoms with Gasteiger partial charge in [-0.2, -0.15) is 13.2 Å². The zero-order valence-electron chi connectivity index (χ0n) is 15.7. The molecule has 1 aliphatic heterocycles. The van der Waals surface area contributed by atoms with Crippen molar-refractivity contribution in [3.8, 4) is 0 Å². The molecule has 2 amide bonds. The van der Waals surface area contributed by atoms with E-state index in [9.17, 15) is 18.0 Å². The number of benzene rings is 2. The molecule has 30 heavy (non-hydrogen) atoms. The maximum absolute atomic E-state index is 13.6. The number of anilines is 2. The zero-order chi connectivity index (χ0) is 21.3. The van der Waals surface area contributed by atoms with E-state index in [0.29, 0.717) is 16.2 Å². The molecule has 0 bridgehead atoms. The van der Waals surface area contributed by atoms with E-state index in [1.54, 1.807) is 42.5 Å². The van der Waals surface area contributed by atoms with Crippen LogP contribution in [0.5, 0.6) is 0 Å². The summed E-state index contributed by atoms with van der Waals surface area (Å²) in [5.74, 6) is -0.215. The number of hydrogen-bond acceptors (Lipinski definition) is 4. The highest BCUT2D eigenvalue weighted by molar-refractivity contribution is 6.33. The molecule has 2 aromatic carbocycles. The Morgan fingerprint density at radius 1 is 0.933 bits per heavy atom. The van der Waals surface area contributed by atoms with Crippen molar-refractivity contribution < 1.29 is 18.0 Å². The fourth-order valence-electron chi connectivity index (χ4n) is 3.28. The van der Waals surface area contributed by atoms with E-state index in [2.05, 4.69) is 15.3 Å². The lowest BCUT2D eigenvalue weighted by atomic mass is 10.2. The fourth-order valence-corrected chi connectivity index (χ4v) is 3.46. The average Bonchev–Trinajstić information content (AvgIpc) is 2.74. The average molecular weight is 436 g/mol. The normalized spacial score (nSPS) is 14.8. The first-order valence-electron chi connectivity index (χ1n) is 9.22. The minimum Gasteiger partial charge on any atom is -0.351 e. The molecule has 1 aliphatic rings. The Kier molecular flexibility index (Phi) is 5.38. The quantitative estimate of drug-likeness (QED) is 0.636. The monoisotopic (exact) mass is 435 g/mol. The fraction of sp³-hybridized carbons (Fsp3) is 0.250. The first-order valence-corrected chi connectivity index (χ1v) is 9.60. The number of alkyl halides is 3. The molecule has 0 radical (unpaired) electrons. The molecule has 1 N–H and O–H groups in total. The molecule has 1 aromatic heterocycles. The van der Waals surface area contributed by atoms with Gasteiger partial charge in [0.2, 0.25) is 0 Å². The van der Waals surface area contributed by atoms with Crippen molar-refractivity contribution in [1.29, 1.82) is 0 Å². The highest BCUT2D eigenvalue weighted by atomic mass is 35.5. The summed E-state index contributed by atoms with van der Waals surface area (Å²) >= 11 is 6.06. The van der Waals surface area contributed by atoms with Gasteiger partial charge in [-0.15, -0.1) is 0 Å². The molecule has 2 heterocycles. The summed E-state index contributed by atoms with van der Waals surface area (Å²) in [4.78, 5) is 23.6. The maximum Gasteiger partial charge on any atom is 0.437 e. The van der Waals surface area contributed by atoms with Crippen molar-refractivity contribution in [2.75, 3.05) is 36.4 Å². The van der Waals surface area contributed by atoms with E-state index in [1.807, 2.05) is 0 Å². The lowest BCUT2D eigenvalue weighted by Gasteiger charge is -2.36. The molecule has 1 fully saturated rings. The smallest absolute Gasteiger partial charge is 0.351 e. The van der Waals surface area contributed by atoms with Crippen molar-refractivity contribution in [3.05, 3.63) is 59.2 Å². The molecule has 10 heteroatoms. The predicted octanol–water partition coefficient (Wildman–Crippen LogP) is 4.66. The van der Waals surface area contributed by atoms with Crippen LogP contribution in [0.1, 0.15) is 5.69 Å². The molecule has 0 saturated carbocycles. The van der Waals surface area contributed by atoms with Gasteiger partial charge in [0.1, 0.15) is 0 Å². The van der Waals surface area contributed by atoms with Gasteiger partial charge < -0.3 is 15.1 Å². The molecule has 1 saturated heterocycles. The minimum absolute atomic E-state index is 0.186. The number of hydrogen-bond donors (Lipinski definition) is 1. The number of amides is 2. The molecular formula is C20H17ClF3N5O. The second-order valence-corrected chi connectivity index (χ2v) is 7.17. The van der Waals surface area contributed by atoms with Crippen LogP contribution in [-0.2, 0) is 6.18 Å². The van der Waals surface area contributed by atoms with Gasteiger partial charge >= 0.3 is 12.2 Å². The van der Waals surface area contributed by atoms with E-state index >= 15 is 0 Å². The highest BCUT2D eigenvalue weighted by Gasteiger charge is 2.39. The summed E-state index contributed by atoms with van der Waals surface area (Å²) < 4.78 is 40.8. The maximum atomic E-state index is 13.6. The lowest BCUT2D eigenvalue weighted by Crippen LogP contribution is -2.50. The van der Waals surface area contributed by atoms with E-state index in [1.165, 1.54) is 15.9 Å². The standard InChI is InChI=1S/C20H17ClF3N5O/c21-13-5-1-2-6-14(13)27-19(30)29-11-9-28(10-12-29)18-17(20(22,23)24)25-15-7-3-4-8-16(15)26-18/h1-8H,9-12H2,(H,27,30). The topological polar surface area (TPSA) is 61.4 Å². The van der Waals surface area contributed by atoms with Crippen LogP contribution in [0.15, 0.2) is 48.5 Å². The van der Waals surface area contributed by atoms with Gasteiger partial charge in [-0.25, -0.2) is 14.8 Å². The van der Waals surface area contributed by atoms with E-state index in [-0.39, 0.29) is 43.5 Å². The summed E-state index contributed by atoms with van der Waals surface area (Å²) in [6, 6.07) is 12.9. The van der Waals surface area contributed by atoms with Crippen LogP contribution >= 0.6 is 11.6 Å². The van der Waals surface area contributed by atoms with Gasteiger partial charge in [0.25, 0.3) is 0 Å². The van der Waals surface area contributed by atoms with Gasteiger partial charge in [0, 0.05) is 26.2 Å². The lowest BCUT2D eigenvalue weighted by molar-refractivity contribution is -0.140. The van der Waals surface area contributed by atoms with Crippen LogP contribution < -0.4 is 10.2 Å². The second kappa shape index (κ2) is 7.98. The van der Waals surface area contributed by atoms with Crippen LogP contribution in [0.3, 0.4) is 0 Å². The number of carbonyl (C=O) groups excluding carboxylic acids is 1. The van der Waals surface area contributed by atoms with Crippen molar-refractivity contribution in [2.45, 2.75) is 6.18 Å². The third-order valence-electron chi connectivity index (χ3n) is 4.80. The summed E-state index contributed by atoms with van der Waals surface area (Å²) in [6.07, 6.45) is -4.63. The van der Waals surface area contributed by atoms with Gasteiger partial charge in [0.15, 0.2) is 11.5 Å². The number of aromatic nitrogens is 2. The Balaban J connectivity index is 1.52. The van der Waals surface area contributed by atoms with Crippen LogP contribution in [0.25, 0.3) is 11.0 Å². The van der Waals surface area contributed by atoms with Crippen LogP contribution in [0, 0.1) is 0 Å².